The van der Waals surface area contributed by atoms with E-state index in [1.54, 1.807) is 12.1 Å². The maximum atomic E-state index is 13.2. The molecule has 0 fully saturated rings. The summed E-state index contributed by atoms with van der Waals surface area (Å²) in [6.45, 7) is 2.16. The van der Waals surface area contributed by atoms with Crippen molar-refractivity contribution >= 4 is 31.9 Å². The SMILES string of the molecule is CCc1cc(OCC=C(Br)Br)cc(F)c1O. The van der Waals surface area contributed by atoms with E-state index in [-0.39, 0.29) is 5.75 Å². The molecule has 5 heteroatoms. The van der Waals surface area contributed by atoms with Crippen molar-refractivity contribution in [3.05, 3.63) is 33.0 Å². The van der Waals surface area contributed by atoms with Gasteiger partial charge in [0.05, 0.1) is 3.39 Å². The van der Waals surface area contributed by atoms with Crippen molar-refractivity contribution in [3.8, 4) is 11.5 Å². The fraction of sp³-hybridized carbons (Fsp3) is 0.273. The molecule has 0 radical (unpaired) electrons. The lowest BCUT2D eigenvalue weighted by atomic mass is 10.1. The number of phenolic OH excluding ortho intramolecular Hbond substituents is 1. The van der Waals surface area contributed by atoms with E-state index in [1.807, 2.05) is 6.92 Å². The largest absolute Gasteiger partial charge is 0.505 e. The summed E-state index contributed by atoms with van der Waals surface area (Å²) >= 11 is 6.37. The number of rotatable bonds is 4. The molecule has 0 bridgehead atoms. The van der Waals surface area contributed by atoms with Gasteiger partial charge in [-0.3, -0.25) is 0 Å². The summed E-state index contributed by atoms with van der Waals surface area (Å²) in [6.07, 6.45) is 2.30. The Morgan fingerprint density at radius 3 is 2.75 bits per heavy atom. The van der Waals surface area contributed by atoms with Gasteiger partial charge < -0.3 is 9.84 Å². The average Bonchev–Trinajstić information content (AvgIpc) is 2.22. The summed E-state index contributed by atoms with van der Waals surface area (Å²) in [4.78, 5) is 0. The molecule has 0 aliphatic carbocycles. The second kappa shape index (κ2) is 6.25. The summed E-state index contributed by atoms with van der Waals surface area (Å²) in [5, 5.41) is 9.38. The summed E-state index contributed by atoms with van der Waals surface area (Å²) in [5.74, 6) is -0.548. The second-order valence-corrected chi connectivity index (χ2v) is 5.84. The summed E-state index contributed by atoms with van der Waals surface area (Å²) < 4.78 is 19.3. The molecular weight excluding hydrogens is 343 g/mol. The monoisotopic (exact) mass is 352 g/mol. The normalized spacial score (nSPS) is 10.0. The molecule has 0 aromatic heterocycles. The Morgan fingerprint density at radius 1 is 1.50 bits per heavy atom. The van der Waals surface area contributed by atoms with Gasteiger partial charge in [0, 0.05) is 11.6 Å². The molecular formula is C11H11Br2FO2. The van der Waals surface area contributed by atoms with Crippen LogP contribution in [0.5, 0.6) is 11.5 Å². The minimum Gasteiger partial charge on any atom is -0.505 e. The van der Waals surface area contributed by atoms with Crippen LogP contribution in [0.3, 0.4) is 0 Å². The minimum atomic E-state index is -0.656. The summed E-state index contributed by atoms with van der Waals surface area (Å²) in [5.41, 5.74) is 0.539. The number of aromatic hydroxyl groups is 1. The van der Waals surface area contributed by atoms with Crippen molar-refractivity contribution < 1.29 is 14.2 Å². The predicted octanol–water partition coefficient (Wildman–Crippen LogP) is 4.10. The minimum absolute atomic E-state index is 0.299. The van der Waals surface area contributed by atoms with Crippen LogP contribution in [0.25, 0.3) is 0 Å². The topological polar surface area (TPSA) is 29.5 Å². The van der Waals surface area contributed by atoms with Gasteiger partial charge in [-0.05, 0) is 50.4 Å². The number of aryl methyl sites for hydroxylation is 1. The summed E-state index contributed by atoms with van der Waals surface area (Å²) in [6, 6.07) is 2.80. The van der Waals surface area contributed by atoms with Crippen LogP contribution in [0.4, 0.5) is 4.39 Å². The standard InChI is InChI=1S/C11H11Br2FO2/c1-2-7-5-8(6-9(14)11(7)15)16-4-3-10(12)13/h3,5-6,15H,2,4H2,1H3. The van der Waals surface area contributed by atoms with Crippen molar-refractivity contribution in [1.82, 2.24) is 0 Å². The van der Waals surface area contributed by atoms with E-state index in [4.69, 9.17) is 4.74 Å². The first-order chi connectivity index (χ1) is 7.54. The highest BCUT2D eigenvalue weighted by Crippen LogP contribution is 2.27. The van der Waals surface area contributed by atoms with Crippen LogP contribution in [-0.4, -0.2) is 11.7 Å². The summed E-state index contributed by atoms with van der Waals surface area (Å²) in [7, 11) is 0. The van der Waals surface area contributed by atoms with E-state index in [9.17, 15) is 9.50 Å². The second-order valence-electron chi connectivity index (χ2n) is 3.07. The highest BCUT2D eigenvalue weighted by atomic mass is 79.9. The van der Waals surface area contributed by atoms with Crippen molar-refractivity contribution in [1.29, 1.82) is 0 Å². The van der Waals surface area contributed by atoms with E-state index in [1.165, 1.54) is 6.07 Å². The molecule has 1 N–H and O–H groups in total. The molecule has 16 heavy (non-hydrogen) atoms. The van der Waals surface area contributed by atoms with E-state index < -0.39 is 5.82 Å². The molecule has 0 atom stereocenters. The lowest BCUT2D eigenvalue weighted by Gasteiger charge is -2.08. The van der Waals surface area contributed by atoms with Gasteiger partial charge in [0.1, 0.15) is 12.4 Å². The van der Waals surface area contributed by atoms with Crippen LogP contribution in [-0.2, 0) is 6.42 Å². The third kappa shape index (κ3) is 3.79. The quantitative estimate of drug-likeness (QED) is 0.882. The highest BCUT2D eigenvalue weighted by molar-refractivity contribution is 9.28. The third-order valence-corrected chi connectivity index (χ3v) is 2.63. The molecule has 0 saturated carbocycles. The van der Waals surface area contributed by atoms with E-state index in [0.29, 0.717) is 24.3 Å². The van der Waals surface area contributed by atoms with Gasteiger partial charge in [-0.1, -0.05) is 6.92 Å². The fourth-order valence-electron chi connectivity index (χ4n) is 1.18. The number of phenols is 1. The van der Waals surface area contributed by atoms with Crippen LogP contribution in [0.2, 0.25) is 0 Å². The maximum Gasteiger partial charge on any atom is 0.168 e. The molecule has 0 heterocycles. The smallest absolute Gasteiger partial charge is 0.168 e. The van der Waals surface area contributed by atoms with Crippen molar-refractivity contribution in [3.63, 3.8) is 0 Å². The molecule has 0 aliphatic rings. The Hall–Kier alpha value is -0.550. The molecule has 1 aromatic rings. The molecule has 0 amide bonds. The third-order valence-electron chi connectivity index (χ3n) is 1.98. The first-order valence-corrected chi connectivity index (χ1v) is 6.28. The Balaban J connectivity index is 2.82. The maximum absolute atomic E-state index is 13.2. The van der Waals surface area contributed by atoms with E-state index >= 15 is 0 Å². The zero-order valence-corrected chi connectivity index (χ0v) is 11.8. The van der Waals surface area contributed by atoms with Gasteiger partial charge in [0.15, 0.2) is 11.6 Å². The Kier molecular flexibility index (Phi) is 5.28. The zero-order chi connectivity index (χ0) is 12.1. The van der Waals surface area contributed by atoms with Gasteiger partial charge in [0.25, 0.3) is 0 Å². The lowest BCUT2D eigenvalue weighted by Crippen LogP contribution is -1.96. The van der Waals surface area contributed by atoms with Gasteiger partial charge in [0.2, 0.25) is 0 Å². The van der Waals surface area contributed by atoms with Crippen molar-refractivity contribution in [2.75, 3.05) is 6.61 Å². The molecule has 1 aromatic carbocycles. The number of ether oxygens (including phenoxy) is 1. The van der Waals surface area contributed by atoms with Crippen LogP contribution >= 0.6 is 31.9 Å². The molecule has 0 saturated heterocycles. The van der Waals surface area contributed by atoms with Gasteiger partial charge >= 0.3 is 0 Å². The molecule has 2 nitrogen and oxygen atoms in total. The highest BCUT2D eigenvalue weighted by Gasteiger charge is 2.08. The lowest BCUT2D eigenvalue weighted by molar-refractivity contribution is 0.355. The number of hydrogen-bond donors (Lipinski definition) is 1. The van der Waals surface area contributed by atoms with Crippen molar-refractivity contribution in [2.24, 2.45) is 0 Å². The fourth-order valence-corrected chi connectivity index (χ4v) is 1.45. The van der Waals surface area contributed by atoms with Gasteiger partial charge in [-0.15, -0.1) is 0 Å². The number of hydrogen-bond acceptors (Lipinski definition) is 2. The number of benzene rings is 1. The van der Waals surface area contributed by atoms with Crippen LogP contribution in [0.1, 0.15) is 12.5 Å². The molecule has 1 rings (SSSR count). The molecule has 0 spiro atoms. The van der Waals surface area contributed by atoms with Crippen LogP contribution in [0, 0.1) is 5.82 Å². The molecule has 0 unspecified atom stereocenters. The van der Waals surface area contributed by atoms with E-state index in [0.717, 1.165) is 3.39 Å². The van der Waals surface area contributed by atoms with Crippen LogP contribution < -0.4 is 4.74 Å². The Bertz CT molecular complexity index is 401. The zero-order valence-electron chi connectivity index (χ0n) is 8.64. The number of halogens is 3. The first kappa shape index (κ1) is 13.5. The average molecular weight is 354 g/mol. The van der Waals surface area contributed by atoms with Gasteiger partial charge in [-0.25, -0.2) is 4.39 Å². The van der Waals surface area contributed by atoms with Crippen LogP contribution in [0.15, 0.2) is 21.6 Å². The molecule has 0 aliphatic heterocycles. The Labute approximate surface area is 110 Å². The Morgan fingerprint density at radius 2 is 2.19 bits per heavy atom. The van der Waals surface area contributed by atoms with Crippen molar-refractivity contribution in [2.45, 2.75) is 13.3 Å². The van der Waals surface area contributed by atoms with Gasteiger partial charge in [-0.2, -0.15) is 0 Å². The predicted molar refractivity (Wildman–Crippen MR) is 68.9 cm³/mol. The van der Waals surface area contributed by atoms with E-state index in [2.05, 4.69) is 31.9 Å². The first-order valence-electron chi connectivity index (χ1n) is 4.70. The molecule has 88 valence electrons.